The predicted octanol–water partition coefficient (Wildman–Crippen LogP) is 1.32. The van der Waals surface area contributed by atoms with E-state index in [0.29, 0.717) is 0 Å². The van der Waals surface area contributed by atoms with E-state index in [1.54, 1.807) is 11.6 Å². The molecule has 98 valence electrons. The van der Waals surface area contributed by atoms with Crippen LogP contribution in [0, 0.1) is 6.92 Å². The van der Waals surface area contributed by atoms with Crippen LogP contribution in [0.25, 0.3) is 10.9 Å². The van der Waals surface area contributed by atoms with E-state index in [1.807, 2.05) is 32.3 Å². The second kappa shape index (κ2) is 4.70. The Morgan fingerprint density at radius 2 is 2.11 bits per heavy atom. The van der Waals surface area contributed by atoms with Crippen LogP contribution < -0.4 is 4.72 Å². The Morgan fingerprint density at radius 1 is 1.39 bits per heavy atom. The summed E-state index contributed by atoms with van der Waals surface area (Å²) in [7, 11) is -1.32. The number of nitrogens with zero attached hydrogens (tertiary/aromatic N) is 2. The Hall–Kier alpha value is -1.40. The van der Waals surface area contributed by atoms with Crippen molar-refractivity contribution in [1.29, 1.82) is 0 Å². The number of benzene rings is 1. The minimum Gasteiger partial charge on any atom is -0.275 e. The van der Waals surface area contributed by atoms with Crippen molar-refractivity contribution in [2.75, 3.05) is 5.75 Å². The van der Waals surface area contributed by atoms with Crippen molar-refractivity contribution in [2.24, 2.45) is 7.05 Å². The number of aryl methyl sites for hydroxylation is 2. The lowest BCUT2D eigenvalue weighted by molar-refractivity contribution is 0.582. The Morgan fingerprint density at radius 3 is 2.78 bits per heavy atom. The van der Waals surface area contributed by atoms with E-state index in [-0.39, 0.29) is 12.3 Å². The SMILES string of the molecule is CCS(=O)(=O)NCc1cc(C)cc2cn(C)nc12. The molecule has 0 amide bonds. The van der Waals surface area contributed by atoms with Gasteiger partial charge in [-0.15, -0.1) is 0 Å². The Bertz CT molecular complexity index is 674. The van der Waals surface area contributed by atoms with E-state index in [2.05, 4.69) is 9.82 Å². The third kappa shape index (κ3) is 2.70. The quantitative estimate of drug-likeness (QED) is 0.908. The molecule has 0 saturated carbocycles. The molecule has 1 heterocycles. The average Bonchev–Trinajstić information content (AvgIpc) is 2.66. The summed E-state index contributed by atoms with van der Waals surface area (Å²) in [5.41, 5.74) is 2.85. The first-order valence-electron chi connectivity index (χ1n) is 5.81. The molecule has 18 heavy (non-hydrogen) atoms. The molecule has 0 aliphatic rings. The van der Waals surface area contributed by atoms with E-state index in [4.69, 9.17) is 0 Å². The molecule has 1 N–H and O–H groups in total. The highest BCUT2D eigenvalue weighted by molar-refractivity contribution is 7.89. The molecule has 0 atom stereocenters. The number of hydrogen-bond donors (Lipinski definition) is 1. The second-order valence-corrected chi connectivity index (χ2v) is 6.48. The fourth-order valence-electron chi connectivity index (χ4n) is 1.92. The highest BCUT2D eigenvalue weighted by atomic mass is 32.2. The molecule has 1 aromatic heterocycles. The van der Waals surface area contributed by atoms with Gasteiger partial charge in [-0.2, -0.15) is 5.10 Å². The van der Waals surface area contributed by atoms with E-state index >= 15 is 0 Å². The Labute approximate surface area is 107 Å². The summed E-state index contributed by atoms with van der Waals surface area (Å²) in [5, 5.41) is 5.39. The van der Waals surface area contributed by atoms with Crippen LogP contribution in [0.2, 0.25) is 0 Å². The summed E-state index contributed by atoms with van der Waals surface area (Å²) in [5.74, 6) is 0.0875. The van der Waals surface area contributed by atoms with Crippen LogP contribution in [0.15, 0.2) is 18.3 Å². The lowest BCUT2D eigenvalue weighted by atomic mass is 10.1. The zero-order chi connectivity index (χ0) is 13.3. The van der Waals surface area contributed by atoms with Crippen molar-refractivity contribution in [2.45, 2.75) is 20.4 Å². The summed E-state index contributed by atoms with van der Waals surface area (Å²) in [6.07, 6.45) is 1.93. The smallest absolute Gasteiger partial charge is 0.211 e. The highest BCUT2D eigenvalue weighted by Gasteiger charge is 2.10. The third-order valence-corrected chi connectivity index (χ3v) is 4.15. The number of rotatable bonds is 4. The monoisotopic (exact) mass is 267 g/mol. The van der Waals surface area contributed by atoms with Gasteiger partial charge in [-0.1, -0.05) is 11.6 Å². The number of nitrogens with one attached hydrogen (secondary N) is 1. The molecule has 0 fully saturated rings. The van der Waals surface area contributed by atoms with Crippen LogP contribution in [0.4, 0.5) is 0 Å². The van der Waals surface area contributed by atoms with Gasteiger partial charge in [0.25, 0.3) is 0 Å². The first-order chi connectivity index (χ1) is 8.41. The lowest BCUT2D eigenvalue weighted by Crippen LogP contribution is -2.24. The van der Waals surface area contributed by atoms with E-state index in [9.17, 15) is 8.42 Å². The molecule has 0 aliphatic heterocycles. The number of hydrogen-bond acceptors (Lipinski definition) is 3. The number of fused-ring (bicyclic) bond motifs is 1. The van der Waals surface area contributed by atoms with Crippen LogP contribution in [0.3, 0.4) is 0 Å². The standard InChI is InChI=1S/C12H17N3O2S/c1-4-18(16,17)13-7-10-5-9(2)6-11-8-15(3)14-12(10)11/h5-6,8,13H,4,7H2,1-3H3. The molecule has 0 unspecified atom stereocenters. The lowest BCUT2D eigenvalue weighted by Gasteiger charge is -2.06. The molecule has 5 nitrogen and oxygen atoms in total. The molecule has 1 aromatic carbocycles. The first-order valence-corrected chi connectivity index (χ1v) is 7.47. The topological polar surface area (TPSA) is 64.0 Å². The molecule has 2 rings (SSSR count). The van der Waals surface area contributed by atoms with Crippen molar-refractivity contribution in [3.05, 3.63) is 29.5 Å². The van der Waals surface area contributed by atoms with Gasteiger partial charge in [-0.3, -0.25) is 4.68 Å². The van der Waals surface area contributed by atoms with Gasteiger partial charge in [-0.25, -0.2) is 13.1 Å². The highest BCUT2D eigenvalue weighted by Crippen LogP contribution is 2.19. The van der Waals surface area contributed by atoms with Crippen molar-refractivity contribution < 1.29 is 8.42 Å². The molecular weight excluding hydrogens is 250 g/mol. The maximum absolute atomic E-state index is 11.5. The van der Waals surface area contributed by atoms with Crippen LogP contribution in [-0.4, -0.2) is 24.0 Å². The van der Waals surface area contributed by atoms with Gasteiger partial charge in [0.05, 0.1) is 11.3 Å². The van der Waals surface area contributed by atoms with Gasteiger partial charge >= 0.3 is 0 Å². The van der Waals surface area contributed by atoms with Gasteiger partial charge in [0, 0.05) is 25.2 Å². The summed E-state index contributed by atoms with van der Waals surface area (Å²) in [6.45, 7) is 3.89. The minimum absolute atomic E-state index is 0.0875. The van der Waals surface area contributed by atoms with E-state index in [1.165, 1.54) is 0 Å². The summed E-state index contributed by atoms with van der Waals surface area (Å²) in [6, 6.07) is 4.01. The third-order valence-electron chi connectivity index (χ3n) is 2.81. The fraction of sp³-hybridized carbons (Fsp3) is 0.417. The van der Waals surface area contributed by atoms with Gasteiger partial charge in [0.1, 0.15) is 0 Å². The average molecular weight is 267 g/mol. The zero-order valence-electron chi connectivity index (χ0n) is 10.8. The maximum Gasteiger partial charge on any atom is 0.211 e. The van der Waals surface area contributed by atoms with Crippen molar-refractivity contribution in [3.63, 3.8) is 0 Å². The molecule has 0 radical (unpaired) electrons. The Kier molecular flexibility index (Phi) is 3.41. The zero-order valence-corrected chi connectivity index (χ0v) is 11.6. The Balaban J connectivity index is 2.38. The van der Waals surface area contributed by atoms with Gasteiger partial charge in [-0.05, 0) is 25.5 Å². The second-order valence-electron chi connectivity index (χ2n) is 4.39. The van der Waals surface area contributed by atoms with Crippen molar-refractivity contribution in [3.8, 4) is 0 Å². The molecule has 0 spiro atoms. The largest absolute Gasteiger partial charge is 0.275 e. The van der Waals surface area contributed by atoms with Gasteiger partial charge in [0.2, 0.25) is 10.0 Å². The van der Waals surface area contributed by atoms with Crippen LogP contribution in [-0.2, 0) is 23.6 Å². The van der Waals surface area contributed by atoms with Gasteiger partial charge < -0.3 is 0 Å². The molecule has 0 saturated heterocycles. The summed E-state index contributed by atoms with van der Waals surface area (Å²) in [4.78, 5) is 0. The van der Waals surface area contributed by atoms with Crippen molar-refractivity contribution >= 4 is 20.9 Å². The number of aromatic nitrogens is 2. The molecule has 0 aliphatic carbocycles. The van der Waals surface area contributed by atoms with E-state index in [0.717, 1.165) is 22.0 Å². The normalized spacial score (nSPS) is 12.2. The van der Waals surface area contributed by atoms with Crippen LogP contribution >= 0.6 is 0 Å². The molecule has 2 aromatic rings. The molecular formula is C12H17N3O2S. The summed E-state index contributed by atoms with van der Waals surface area (Å²) < 4.78 is 27.2. The predicted molar refractivity (Wildman–Crippen MR) is 71.8 cm³/mol. The maximum atomic E-state index is 11.5. The molecule has 0 bridgehead atoms. The summed E-state index contributed by atoms with van der Waals surface area (Å²) >= 11 is 0. The van der Waals surface area contributed by atoms with Crippen molar-refractivity contribution in [1.82, 2.24) is 14.5 Å². The molecule has 6 heteroatoms. The van der Waals surface area contributed by atoms with Crippen LogP contribution in [0.1, 0.15) is 18.1 Å². The fourth-order valence-corrected chi connectivity index (χ4v) is 2.50. The van der Waals surface area contributed by atoms with Crippen LogP contribution in [0.5, 0.6) is 0 Å². The number of sulfonamides is 1. The van der Waals surface area contributed by atoms with Gasteiger partial charge in [0.15, 0.2) is 0 Å². The minimum atomic E-state index is -3.18. The first kappa shape index (κ1) is 13.0. The van der Waals surface area contributed by atoms with E-state index < -0.39 is 10.0 Å².